The number of thiophene rings is 1. The smallest absolute Gasteiger partial charge is 0.254 e. The minimum atomic E-state index is -0.460. The maximum absolute atomic E-state index is 14.1. The number of benzene rings is 2. The molecule has 0 radical (unpaired) electrons. The van der Waals surface area contributed by atoms with Gasteiger partial charge in [0.05, 0.1) is 12.0 Å². The molecule has 2 aromatic carbocycles. The van der Waals surface area contributed by atoms with E-state index < -0.39 is 5.92 Å². The van der Waals surface area contributed by atoms with Gasteiger partial charge in [0.15, 0.2) is 0 Å². The lowest BCUT2D eigenvalue weighted by Crippen LogP contribution is -2.49. The molecule has 2 fully saturated rings. The van der Waals surface area contributed by atoms with E-state index in [-0.39, 0.29) is 23.9 Å². The number of nitrogens with zero attached hydrogens (tertiary/aromatic N) is 2. The molecule has 1 saturated heterocycles. The molecule has 3 aliphatic rings. The first-order valence-corrected chi connectivity index (χ1v) is 15.0. The van der Waals surface area contributed by atoms with E-state index >= 15 is 0 Å². The van der Waals surface area contributed by atoms with Crippen LogP contribution in [0.1, 0.15) is 83.8 Å². The maximum atomic E-state index is 14.1. The Hall–Kier alpha value is -2.96. The van der Waals surface area contributed by atoms with Crippen LogP contribution >= 0.6 is 11.3 Å². The van der Waals surface area contributed by atoms with Gasteiger partial charge in [-0.15, -0.1) is 11.3 Å². The quantitative estimate of drug-likeness (QED) is 0.382. The summed E-state index contributed by atoms with van der Waals surface area (Å²) >= 11 is 1.64. The molecule has 0 spiro atoms. The third-order valence-corrected chi connectivity index (χ3v) is 9.66. The van der Waals surface area contributed by atoms with Gasteiger partial charge in [-0.2, -0.15) is 0 Å². The summed E-state index contributed by atoms with van der Waals surface area (Å²) in [6.07, 6.45) is 6.80. The second kappa shape index (κ2) is 11.0. The summed E-state index contributed by atoms with van der Waals surface area (Å²) in [6, 6.07) is 20.0. The second-order valence-corrected chi connectivity index (χ2v) is 12.3. The first-order valence-electron chi connectivity index (χ1n) is 14.2. The molecule has 2 aliphatic heterocycles. The van der Waals surface area contributed by atoms with E-state index in [1.54, 1.807) is 11.3 Å². The molecule has 38 heavy (non-hydrogen) atoms. The third-order valence-electron chi connectivity index (χ3n) is 8.72. The third kappa shape index (κ3) is 5.04. The molecular weight excluding hydrogens is 490 g/mol. The Bertz CT molecular complexity index is 1260. The fourth-order valence-electron chi connectivity index (χ4n) is 6.57. The van der Waals surface area contributed by atoms with Gasteiger partial charge in [-0.3, -0.25) is 14.5 Å². The van der Waals surface area contributed by atoms with Crippen LogP contribution in [0.2, 0.25) is 0 Å². The van der Waals surface area contributed by atoms with Gasteiger partial charge in [0, 0.05) is 28.7 Å². The van der Waals surface area contributed by atoms with Crippen molar-refractivity contribution >= 4 is 28.8 Å². The number of hydrogen-bond acceptors (Lipinski definition) is 4. The molecule has 6 rings (SSSR count). The number of carbonyl (C=O) groups is 2. The molecule has 1 aliphatic carbocycles. The summed E-state index contributed by atoms with van der Waals surface area (Å²) in [5.41, 5.74) is 3.57. The van der Waals surface area contributed by atoms with Gasteiger partial charge in [0.2, 0.25) is 5.91 Å². The second-order valence-electron chi connectivity index (χ2n) is 11.3. The molecule has 1 saturated carbocycles. The number of anilines is 1. The molecule has 2 amide bonds. The van der Waals surface area contributed by atoms with Crippen LogP contribution in [-0.4, -0.2) is 40.7 Å². The van der Waals surface area contributed by atoms with Crippen molar-refractivity contribution in [1.29, 1.82) is 0 Å². The number of nitrogens with one attached hydrogen (secondary N) is 1. The van der Waals surface area contributed by atoms with Gasteiger partial charge in [0.25, 0.3) is 5.91 Å². The van der Waals surface area contributed by atoms with Crippen molar-refractivity contribution in [3.8, 4) is 0 Å². The summed E-state index contributed by atoms with van der Waals surface area (Å²) in [4.78, 5) is 33.6. The average Bonchev–Trinajstić information content (AvgIpc) is 3.66. The Balaban J connectivity index is 1.27. The van der Waals surface area contributed by atoms with E-state index in [1.807, 2.05) is 52.7 Å². The molecule has 1 N–H and O–H groups in total. The largest absolute Gasteiger partial charge is 0.327 e. The molecule has 198 valence electrons. The summed E-state index contributed by atoms with van der Waals surface area (Å²) in [5.74, 6) is 0.375. The SMILES string of the molecule is CC1CCN(Cc2ccc(NC(=O)[C@H]3c4ccccc4C(=O)N(C4CCCC4)[C@H]3c3cccs3)cc2)CC1. The molecule has 1 aromatic heterocycles. The first-order chi connectivity index (χ1) is 18.6. The van der Waals surface area contributed by atoms with Gasteiger partial charge >= 0.3 is 0 Å². The molecule has 6 heteroatoms. The Labute approximate surface area is 229 Å². The number of piperidine rings is 1. The molecule has 3 heterocycles. The summed E-state index contributed by atoms with van der Waals surface area (Å²) in [7, 11) is 0. The zero-order chi connectivity index (χ0) is 26.1. The van der Waals surface area contributed by atoms with E-state index in [0.717, 1.165) is 67.4 Å². The molecule has 3 aromatic rings. The highest BCUT2D eigenvalue weighted by atomic mass is 32.1. The number of amides is 2. The molecule has 0 bridgehead atoms. The predicted octanol–water partition coefficient (Wildman–Crippen LogP) is 6.84. The molecule has 2 atom stereocenters. The molecule has 0 unspecified atom stereocenters. The predicted molar refractivity (Wildman–Crippen MR) is 153 cm³/mol. The van der Waals surface area contributed by atoms with E-state index in [1.165, 1.54) is 18.4 Å². The van der Waals surface area contributed by atoms with Crippen molar-refractivity contribution in [2.75, 3.05) is 18.4 Å². The van der Waals surface area contributed by atoms with E-state index in [0.29, 0.717) is 5.56 Å². The summed E-state index contributed by atoms with van der Waals surface area (Å²) < 4.78 is 0. The Kier molecular flexibility index (Phi) is 7.35. The van der Waals surface area contributed by atoms with E-state index in [2.05, 4.69) is 35.3 Å². The lowest BCUT2D eigenvalue weighted by Gasteiger charge is -2.44. The van der Waals surface area contributed by atoms with Gasteiger partial charge < -0.3 is 10.2 Å². The lowest BCUT2D eigenvalue weighted by molar-refractivity contribution is -0.119. The van der Waals surface area contributed by atoms with E-state index in [4.69, 9.17) is 0 Å². The molecule has 5 nitrogen and oxygen atoms in total. The Morgan fingerprint density at radius 2 is 1.68 bits per heavy atom. The van der Waals surface area contributed by atoms with Crippen molar-refractivity contribution in [2.24, 2.45) is 5.92 Å². The van der Waals surface area contributed by atoms with Crippen molar-refractivity contribution in [1.82, 2.24) is 9.80 Å². The van der Waals surface area contributed by atoms with Crippen LogP contribution in [0.4, 0.5) is 5.69 Å². The topological polar surface area (TPSA) is 52.7 Å². The number of hydrogen-bond donors (Lipinski definition) is 1. The zero-order valence-electron chi connectivity index (χ0n) is 22.1. The van der Waals surface area contributed by atoms with Gasteiger partial charge in [-0.05, 0) is 85.5 Å². The van der Waals surface area contributed by atoms with Crippen LogP contribution in [-0.2, 0) is 11.3 Å². The highest BCUT2D eigenvalue weighted by Crippen LogP contribution is 2.47. The Morgan fingerprint density at radius 3 is 2.39 bits per heavy atom. The highest BCUT2D eigenvalue weighted by molar-refractivity contribution is 7.10. The first kappa shape index (κ1) is 25.3. The van der Waals surface area contributed by atoms with Crippen LogP contribution in [0, 0.1) is 5.92 Å². The van der Waals surface area contributed by atoms with Crippen LogP contribution in [0.25, 0.3) is 0 Å². The lowest BCUT2D eigenvalue weighted by atomic mass is 9.80. The minimum absolute atomic E-state index is 0.0517. The van der Waals surface area contributed by atoms with Crippen LogP contribution < -0.4 is 5.32 Å². The highest BCUT2D eigenvalue weighted by Gasteiger charge is 2.47. The normalized spacial score (nSPS) is 23.0. The van der Waals surface area contributed by atoms with Crippen molar-refractivity contribution < 1.29 is 9.59 Å². The Morgan fingerprint density at radius 1 is 0.947 bits per heavy atom. The van der Waals surface area contributed by atoms with Crippen LogP contribution in [0.15, 0.2) is 66.0 Å². The fraction of sp³-hybridized carbons (Fsp3) is 0.438. The maximum Gasteiger partial charge on any atom is 0.254 e. The average molecular weight is 528 g/mol. The van der Waals surface area contributed by atoms with Crippen molar-refractivity contribution in [3.63, 3.8) is 0 Å². The van der Waals surface area contributed by atoms with Gasteiger partial charge in [-0.25, -0.2) is 0 Å². The zero-order valence-corrected chi connectivity index (χ0v) is 23.0. The molecular formula is C32H37N3O2S. The van der Waals surface area contributed by atoms with Crippen LogP contribution in [0.3, 0.4) is 0 Å². The number of rotatable bonds is 6. The summed E-state index contributed by atoms with van der Waals surface area (Å²) in [6.45, 7) is 5.60. The number of carbonyl (C=O) groups excluding carboxylic acids is 2. The number of fused-ring (bicyclic) bond motifs is 1. The summed E-state index contributed by atoms with van der Waals surface area (Å²) in [5, 5.41) is 5.27. The monoisotopic (exact) mass is 527 g/mol. The van der Waals surface area contributed by atoms with Gasteiger partial charge in [0.1, 0.15) is 0 Å². The van der Waals surface area contributed by atoms with Crippen molar-refractivity contribution in [2.45, 2.75) is 70.0 Å². The van der Waals surface area contributed by atoms with E-state index in [9.17, 15) is 9.59 Å². The number of likely N-dealkylation sites (tertiary alicyclic amines) is 1. The van der Waals surface area contributed by atoms with Gasteiger partial charge in [-0.1, -0.05) is 56.2 Å². The van der Waals surface area contributed by atoms with Crippen molar-refractivity contribution in [3.05, 3.63) is 87.6 Å². The standard InChI is InChI=1S/C32H37N3O2S/c1-22-16-18-34(19-17-22)21-23-12-14-24(15-13-23)33-31(36)29-26-9-4-5-10-27(26)32(37)35(25-7-2-3-8-25)30(29)28-11-6-20-38-28/h4-6,9-15,20,22,25,29-30H,2-3,7-8,16-19,21H2,1H3,(H,33,36)/t29-,30-/m0/s1. The van der Waals surface area contributed by atoms with Crippen LogP contribution in [0.5, 0.6) is 0 Å². The fourth-order valence-corrected chi connectivity index (χ4v) is 7.43. The minimum Gasteiger partial charge on any atom is -0.327 e.